The fraction of sp³-hybridized carbons (Fsp3) is 0.583. The highest BCUT2D eigenvalue weighted by Crippen LogP contribution is 2.24. The monoisotopic (exact) mass is 304 g/mol. The summed E-state index contributed by atoms with van der Waals surface area (Å²) >= 11 is 0. The average molecular weight is 304 g/mol. The lowest BCUT2D eigenvalue weighted by Crippen LogP contribution is -2.47. The first-order chi connectivity index (χ1) is 9.33. The summed E-state index contributed by atoms with van der Waals surface area (Å²) in [6.07, 6.45) is 2.76. The second-order valence-electron chi connectivity index (χ2n) is 4.94. The zero-order valence-corrected chi connectivity index (χ0v) is 11.9. The van der Waals surface area contributed by atoms with Crippen LogP contribution in [0, 0.1) is 5.82 Å². The molecule has 0 radical (unpaired) electrons. The van der Waals surface area contributed by atoms with Crippen LogP contribution in [0.3, 0.4) is 0 Å². The summed E-state index contributed by atoms with van der Waals surface area (Å²) in [6.45, 7) is 0.729. The van der Waals surface area contributed by atoms with Gasteiger partial charge in [-0.3, -0.25) is 4.98 Å². The van der Waals surface area contributed by atoms with Crippen molar-refractivity contribution in [1.82, 2.24) is 9.29 Å². The molecule has 0 bridgehead atoms. The normalized spacial score (nSPS) is 19.2. The Morgan fingerprint density at radius 1 is 1.45 bits per heavy atom. The third-order valence-corrected chi connectivity index (χ3v) is 5.10. The van der Waals surface area contributed by atoms with Crippen molar-refractivity contribution in [3.05, 3.63) is 24.3 Å². The number of sulfonamides is 1. The molecule has 2 rings (SSSR count). The number of nitrogens with zero attached hydrogens (tertiary/aromatic N) is 2. The molecule has 0 unspecified atom stereocenters. The van der Waals surface area contributed by atoms with E-state index in [0.29, 0.717) is 26.1 Å². The van der Waals surface area contributed by atoms with Gasteiger partial charge < -0.3 is 9.84 Å². The van der Waals surface area contributed by atoms with Crippen LogP contribution in [0.25, 0.3) is 0 Å². The number of aromatic nitrogens is 1. The summed E-state index contributed by atoms with van der Waals surface area (Å²) in [7, 11) is -2.51. The number of halogens is 1. The lowest BCUT2D eigenvalue weighted by Gasteiger charge is -2.34. The van der Waals surface area contributed by atoms with Gasteiger partial charge in [0.05, 0.1) is 11.8 Å². The zero-order chi connectivity index (χ0) is 14.8. The molecular weight excluding hydrogens is 287 g/mol. The summed E-state index contributed by atoms with van der Waals surface area (Å²) < 4.78 is 43.8. The van der Waals surface area contributed by atoms with Gasteiger partial charge in [0, 0.05) is 45.8 Å². The number of ether oxygens (including phenoxy) is 1. The molecule has 1 fully saturated rings. The maximum absolute atomic E-state index is 13.1. The maximum atomic E-state index is 13.1. The largest absolute Gasteiger partial charge is 0.388 e. The van der Waals surface area contributed by atoms with Crippen molar-refractivity contribution in [2.75, 3.05) is 26.8 Å². The number of hydrogen-bond acceptors (Lipinski definition) is 5. The second kappa shape index (κ2) is 5.72. The van der Waals surface area contributed by atoms with Gasteiger partial charge in [-0.05, 0) is 6.07 Å². The van der Waals surface area contributed by atoms with Crippen LogP contribution >= 0.6 is 0 Å². The lowest BCUT2D eigenvalue weighted by atomic mass is 9.95. The summed E-state index contributed by atoms with van der Waals surface area (Å²) in [6, 6.07) is 0.910. The Bertz CT molecular complexity index is 573. The quantitative estimate of drug-likeness (QED) is 0.870. The van der Waals surface area contributed by atoms with Gasteiger partial charge in [0.2, 0.25) is 10.0 Å². The molecule has 0 spiro atoms. The summed E-state index contributed by atoms with van der Waals surface area (Å²) in [4.78, 5) is 3.31. The third kappa shape index (κ3) is 3.32. The second-order valence-corrected chi connectivity index (χ2v) is 6.98. The van der Waals surface area contributed by atoms with E-state index in [9.17, 15) is 17.9 Å². The summed E-state index contributed by atoms with van der Waals surface area (Å²) in [5, 5.41) is 10.3. The molecular formula is C12H17FN2O4S. The molecule has 0 amide bonds. The van der Waals surface area contributed by atoms with Crippen LogP contribution in [0.4, 0.5) is 4.39 Å². The zero-order valence-electron chi connectivity index (χ0n) is 11.1. The number of likely N-dealkylation sites (N-methyl/N-ethyl adjacent to an activating group) is 1. The van der Waals surface area contributed by atoms with Gasteiger partial charge in [0.25, 0.3) is 0 Å². The van der Waals surface area contributed by atoms with Gasteiger partial charge in [-0.1, -0.05) is 0 Å². The minimum atomic E-state index is -3.87. The van der Waals surface area contributed by atoms with Crippen molar-refractivity contribution in [1.29, 1.82) is 0 Å². The first kappa shape index (κ1) is 15.3. The first-order valence-corrected chi connectivity index (χ1v) is 7.65. The molecule has 1 aromatic heterocycles. The van der Waals surface area contributed by atoms with Crippen molar-refractivity contribution < 1.29 is 22.7 Å². The standard InChI is InChI=1S/C12H17FN2O4S/c1-15(9-12(16)2-4-19-5-3-12)20(17,18)11-6-10(13)7-14-8-11/h6-8,16H,2-5,9H2,1H3. The molecule has 1 aromatic rings. The lowest BCUT2D eigenvalue weighted by molar-refractivity contribution is -0.0689. The van der Waals surface area contributed by atoms with Crippen LogP contribution in [0.1, 0.15) is 12.8 Å². The fourth-order valence-electron chi connectivity index (χ4n) is 2.12. The molecule has 6 nitrogen and oxygen atoms in total. The van der Waals surface area contributed by atoms with Crippen LogP contribution < -0.4 is 0 Å². The molecule has 1 saturated heterocycles. The van der Waals surface area contributed by atoms with E-state index in [-0.39, 0.29) is 11.4 Å². The minimum absolute atomic E-state index is 0.0603. The number of aliphatic hydroxyl groups is 1. The number of hydrogen-bond donors (Lipinski definition) is 1. The molecule has 0 saturated carbocycles. The van der Waals surface area contributed by atoms with Gasteiger partial charge in [-0.25, -0.2) is 12.8 Å². The molecule has 0 aliphatic carbocycles. The van der Waals surface area contributed by atoms with E-state index in [4.69, 9.17) is 4.74 Å². The maximum Gasteiger partial charge on any atom is 0.244 e. The Labute approximate surface area is 117 Å². The van der Waals surface area contributed by atoms with E-state index in [2.05, 4.69) is 4.98 Å². The molecule has 1 N–H and O–H groups in total. The van der Waals surface area contributed by atoms with Gasteiger partial charge in [-0.2, -0.15) is 4.31 Å². The average Bonchev–Trinajstić information content (AvgIpc) is 2.39. The highest BCUT2D eigenvalue weighted by molar-refractivity contribution is 7.89. The van der Waals surface area contributed by atoms with Crippen LogP contribution in [0.5, 0.6) is 0 Å². The van der Waals surface area contributed by atoms with Crippen molar-refractivity contribution in [2.24, 2.45) is 0 Å². The van der Waals surface area contributed by atoms with Crippen molar-refractivity contribution in [2.45, 2.75) is 23.3 Å². The fourth-order valence-corrected chi connectivity index (χ4v) is 3.35. The number of pyridine rings is 1. The van der Waals surface area contributed by atoms with E-state index in [0.717, 1.165) is 22.8 Å². The van der Waals surface area contributed by atoms with E-state index in [1.807, 2.05) is 0 Å². The third-order valence-electron chi connectivity index (χ3n) is 3.33. The van der Waals surface area contributed by atoms with Gasteiger partial charge in [-0.15, -0.1) is 0 Å². The molecule has 8 heteroatoms. The topological polar surface area (TPSA) is 79.7 Å². The molecule has 1 aliphatic heterocycles. The van der Waals surface area contributed by atoms with Gasteiger partial charge in [0.15, 0.2) is 0 Å². The van der Waals surface area contributed by atoms with Gasteiger partial charge >= 0.3 is 0 Å². The van der Waals surface area contributed by atoms with Crippen molar-refractivity contribution in [3.8, 4) is 0 Å². The van der Waals surface area contributed by atoms with E-state index in [1.54, 1.807) is 0 Å². The van der Waals surface area contributed by atoms with E-state index in [1.165, 1.54) is 7.05 Å². The predicted octanol–water partition coefficient (Wildman–Crippen LogP) is 0.383. The molecule has 0 atom stereocenters. The highest BCUT2D eigenvalue weighted by Gasteiger charge is 2.35. The summed E-state index contributed by atoms with van der Waals surface area (Å²) in [5.74, 6) is -0.718. The minimum Gasteiger partial charge on any atom is -0.388 e. The molecule has 20 heavy (non-hydrogen) atoms. The molecule has 1 aliphatic rings. The molecule has 2 heterocycles. The number of rotatable bonds is 4. The van der Waals surface area contributed by atoms with Crippen LogP contribution in [0.2, 0.25) is 0 Å². The Balaban J connectivity index is 2.17. The predicted molar refractivity (Wildman–Crippen MR) is 69.0 cm³/mol. The van der Waals surface area contributed by atoms with Crippen LogP contribution in [0.15, 0.2) is 23.4 Å². The van der Waals surface area contributed by atoms with Gasteiger partial charge in [0.1, 0.15) is 10.7 Å². The van der Waals surface area contributed by atoms with Crippen LogP contribution in [-0.2, 0) is 14.8 Å². The SMILES string of the molecule is CN(CC1(O)CCOCC1)S(=O)(=O)c1cncc(F)c1. The Morgan fingerprint density at radius 3 is 2.70 bits per heavy atom. The molecule has 0 aromatic carbocycles. The highest BCUT2D eigenvalue weighted by atomic mass is 32.2. The van der Waals surface area contributed by atoms with Crippen molar-refractivity contribution >= 4 is 10.0 Å². The van der Waals surface area contributed by atoms with E-state index < -0.39 is 21.4 Å². The van der Waals surface area contributed by atoms with Crippen molar-refractivity contribution in [3.63, 3.8) is 0 Å². The Morgan fingerprint density at radius 2 is 2.10 bits per heavy atom. The van der Waals surface area contributed by atoms with E-state index >= 15 is 0 Å². The smallest absolute Gasteiger partial charge is 0.244 e. The van der Waals surface area contributed by atoms with Crippen LogP contribution in [-0.4, -0.2) is 55.2 Å². The molecule has 112 valence electrons. The first-order valence-electron chi connectivity index (χ1n) is 6.21. The Hall–Kier alpha value is -1.09. The summed E-state index contributed by atoms with van der Waals surface area (Å²) in [5.41, 5.74) is -1.11. The Kier molecular flexibility index (Phi) is 4.38.